The highest BCUT2D eigenvalue weighted by molar-refractivity contribution is 7.80. The Bertz CT molecular complexity index is 506. The molecule has 0 spiro atoms. The lowest BCUT2D eigenvalue weighted by Gasteiger charge is -2.11. The van der Waals surface area contributed by atoms with Gasteiger partial charge < -0.3 is 14.2 Å². The third-order valence-corrected chi connectivity index (χ3v) is 3.14. The quantitative estimate of drug-likeness (QED) is 0.777. The van der Waals surface area contributed by atoms with E-state index in [0.29, 0.717) is 16.5 Å². The van der Waals surface area contributed by atoms with E-state index in [1.54, 1.807) is 14.2 Å². The van der Waals surface area contributed by atoms with Crippen LogP contribution >= 0.6 is 12.2 Å². The molecule has 3 nitrogen and oxygen atoms in total. The highest BCUT2D eigenvalue weighted by Crippen LogP contribution is 2.43. The molecule has 0 unspecified atom stereocenters. The van der Waals surface area contributed by atoms with Crippen molar-refractivity contribution in [3.8, 4) is 11.5 Å². The number of benzene rings is 1. The zero-order valence-electron chi connectivity index (χ0n) is 10.8. The molecular weight excluding hydrogens is 248 g/mol. The summed E-state index contributed by atoms with van der Waals surface area (Å²) >= 11 is 5.23. The Morgan fingerprint density at radius 3 is 2.67 bits per heavy atom. The lowest BCUT2D eigenvalue weighted by atomic mass is 10.1. The van der Waals surface area contributed by atoms with Gasteiger partial charge in [-0.2, -0.15) is 0 Å². The maximum atomic E-state index is 5.63. The van der Waals surface area contributed by atoms with Crippen molar-refractivity contribution in [2.75, 3.05) is 14.2 Å². The van der Waals surface area contributed by atoms with E-state index < -0.39 is 0 Å². The van der Waals surface area contributed by atoms with E-state index in [1.165, 1.54) is 0 Å². The van der Waals surface area contributed by atoms with E-state index >= 15 is 0 Å². The maximum absolute atomic E-state index is 5.63. The highest BCUT2D eigenvalue weighted by Gasteiger charge is 2.29. The first-order valence-electron chi connectivity index (χ1n) is 5.90. The van der Waals surface area contributed by atoms with Gasteiger partial charge in [-0.05, 0) is 36.8 Å². The normalized spacial score (nSPS) is 15.5. The average Bonchev–Trinajstić information content (AvgIpc) is 2.72. The predicted octanol–water partition coefficient (Wildman–Crippen LogP) is 3.55. The Morgan fingerprint density at radius 2 is 2.06 bits per heavy atom. The summed E-state index contributed by atoms with van der Waals surface area (Å²) in [6.45, 7) is 2.12. The van der Waals surface area contributed by atoms with E-state index in [4.69, 9.17) is 26.4 Å². The summed E-state index contributed by atoms with van der Waals surface area (Å²) in [6.07, 6.45) is 4.04. The van der Waals surface area contributed by atoms with Crippen LogP contribution in [0.3, 0.4) is 0 Å². The molecule has 0 amide bonds. The molecule has 1 aliphatic heterocycles. The van der Waals surface area contributed by atoms with Crippen LogP contribution in [0.4, 0.5) is 0 Å². The molecule has 0 aromatic heterocycles. The lowest BCUT2D eigenvalue weighted by molar-refractivity contribution is 0.353. The summed E-state index contributed by atoms with van der Waals surface area (Å²) in [5, 5.41) is 0.494. The van der Waals surface area contributed by atoms with Crippen molar-refractivity contribution >= 4 is 23.0 Å². The average molecular weight is 264 g/mol. The lowest BCUT2D eigenvalue weighted by Crippen LogP contribution is -1.96. The number of fused-ring (bicyclic) bond motifs is 1. The molecule has 1 heterocycles. The molecule has 0 bridgehead atoms. The first-order chi connectivity index (χ1) is 8.72. The molecule has 96 valence electrons. The van der Waals surface area contributed by atoms with Gasteiger partial charge in [0.15, 0.2) is 16.5 Å². The van der Waals surface area contributed by atoms with Gasteiger partial charge >= 0.3 is 0 Å². The minimum atomic E-state index is 0.494. The van der Waals surface area contributed by atoms with Gasteiger partial charge in [-0.1, -0.05) is 13.3 Å². The highest BCUT2D eigenvalue weighted by atomic mass is 32.1. The van der Waals surface area contributed by atoms with Gasteiger partial charge in [0, 0.05) is 5.56 Å². The van der Waals surface area contributed by atoms with E-state index in [9.17, 15) is 0 Å². The molecular formula is C14H16O3S. The molecule has 1 aliphatic rings. The molecule has 0 fully saturated rings. The minimum Gasteiger partial charge on any atom is -0.493 e. The number of rotatable bonds is 4. The number of unbranched alkanes of at least 4 members (excludes halogenated alkanes) is 1. The van der Waals surface area contributed by atoms with Crippen molar-refractivity contribution in [1.82, 2.24) is 0 Å². The summed E-state index contributed by atoms with van der Waals surface area (Å²) < 4.78 is 16.4. The fourth-order valence-corrected chi connectivity index (χ4v) is 2.23. The molecule has 18 heavy (non-hydrogen) atoms. The molecule has 0 radical (unpaired) electrons. The Labute approximate surface area is 112 Å². The van der Waals surface area contributed by atoms with Gasteiger partial charge in [0.2, 0.25) is 0 Å². The number of hydrogen-bond acceptors (Lipinski definition) is 4. The Kier molecular flexibility index (Phi) is 3.87. The van der Waals surface area contributed by atoms with Crippen molar-refractivity contribution in [1.29, 1.82) is 0 Å². The Balaban J connectivity index is 2.58. The Morgan fingerprint density at radius 1 is 1.28 bits per heavy atom. The van der Waals surface area contributed by atoms with E-state index in [-0.39, 0.29) is 0 Å². The van der Waals surface area contributed by atoms with Crippen LogP contribution in [0.5, 0.6) is 11.5 Å². The van der Waals surface area contributed by atoms with Crippen LogP contribution in [0.2, 0.25) is 0 Å². The van der Waals surface area contributed by atoms with Gasteiger partial charge in [-0.3, -0.25) is 0 Å². The molecule has 0 saturated heterocycles. The third-order valence-electron chi connectivity index (χ3n) is 2.83. The number of allylic oxidation sites excluding steroid dienone is 1. The summed E-state index contributed by atoms with van der Waals surface area (Å²) in [4.78, 5) is 0. The summed E-state index contributed by atoms with van der Waals surface area (Å²) in [7, 11) is 3.24. The number of methoxy groups -OCH3 is 2. The number of thiocarbonyl (C=S) groups is 1. The van der Waals surface area contributed by atoms with Crippen molar-refractivity contribution in [3.63, 3.8) is 0 Å². The first kappa shape index (κ1) is 12.9. The second-order valence-electron chi connectivity index (χ2n) is 3.97. The summed E-state index contributed by atoms with van der Waals surface area (Å²) in [5.41, 5.74) is 1.79. The monoisotopic (exact) mass is 264 g/mol. The second kappa shape index (κ2) is 5.40. The Hall–Kier alpha value is -1.55. The van der Waals surface area contributed by atoms with Crippen LogP contribution in [0, 0.1) is 0 Å². The van der Waals surface area contributed by atoms with Crippen molar-refractivity contribution in [2.45, 2.75) is 19.8 Å². The van der Waals surface area contributed by atoms with Crippen LogP contribution in [-0.4, -0.2) is 19.3 Å². The largest absolute Gasteiger partial charge is 0.493 e. The standard InChI is InChI=1S/C14H16O3S/c1-4-5-6-10-12-9(14(18)17-10)7-8-11(15-2)13(12)16-3/h6-8H,4-5H2,1-3H3/b10-6-. The molecule has 0 saturated carbocycles. The van der Waals surface area contributed by atoms with Gasteiger partial charge in [0.25, 0.3) is 0 Å². The van der Waals surface area contributed by atoms with E-state index in [2.05, 4.69) is 6.92 Å². The van der Waals surface area contributed by atoms with Gasteiger partial charge in [-0.25, -0.2) is 0 Å². The van der Waals surface area contributed by atoms with Gasteiger partial charge in [0.05, 0.1) is 19.8 Å². The van der Waals surface area contributed by atoms with Crippen molar-refractivity contribution < 1.29 is 14.2 Å². The zero-order chi connectivity index (χ0) is 13.1. The second-order valence-corrected chi connectivity index (χ2v) is 4.34. The summed E-state index contributed by atoms with van der Waals surface area (Å²) in [5.74, 6) is 2.14. The fraction of sp³-hybridized carbons (Fsp3) is 0.357. The van der Waals surface area contributed by atoms with Crippen molar-refractivity contribution in [2.24, 2.45) is 0 Å². The third kappa shape index (κ3) is 2.08. The molecule has 4 heteroatoms. The maximum Gasteiger partial charge on any atom is 0.198 e. The molecule has 2 rings (SSSR count). The van der Waals surface area contributed by atoms with Crippen LogP contribution < -0.4 is 9.47 Å². The molecule has 1 aromatic carbocycles. The van der Waals surface area contributed by atoms with Crippen LogP contribution in [0.25, 0.3) is 5.76 Å². The molecule has 0 atom stereocenters. The van der Waals surface area contributed by atoms with E-state index in [1.807, 2.05) is 18.2 Å². The fourth-order valence-electron chi connectivity index (χ4n) is 1.97. The molecule has 0 N–H and O–H groups in total. The van der Waals surface area contributed by atoms with Gasteiger partial charge in [-0.15, -0.1) is 0 Å². The predicted molar refractivity (Wildman–Crippen MR) is 75.2 cm³/mol. The topological polar surface area (TPSA) is 27.7 Å². The first-order valence-corrected chi connectivity index (χ1v) is 6.31. The number of hydrogen-bond donors (Lipinski definition) is 0. The van der Waals surface area contributed by atoms with Crippen LogP contribution in [0.15, 0.2) is 18.2 Å². The van der Waals surface area contributed by atoms with Crippen molar-refractivity contribution in [3.05, 3.63) is 29.3 Å². The molecule has 0 aliphatic carbocycles. The summed E-state index contributed by atoms with van der Waals surface area (Å²) in [6, 6.07) is 3.75. The smallest absolute Gasteiger partial charge is 0.198 e. The SMILES string of the molecule is CCC/C=C1\OC(=S)c2ccc(OC)c(OC)c21. The van der Waals surface area contributed by atoms with Gasteiger partial charge in [0.1, 0.15) is 5.76 Å². The molecule has 1 aromatic rings. The zero-order valence-corrected chi connectivity index (χ0v) is 11.6. The van der Waals surface area contributed by atoms with Crippen LogP contribution in [0.1, 0.15) is 30.9 Å². The minimum absolute atomic E-state index is 0.494. The number of ether oxygens (including phenoxy) is 3. The van der Waals surface area contributed by atoms with E-state index in [0.717, 1.165) is 29.7 Å². The van der Waals surface area contributed by atoms with Crippen LogP contribution in [-0.2, 0) is 4.74 Å².